The van der Waals surface area contributed by atoms with Crippen molar-refractivity contribution in [1.82, 2.24) is 0 Å². The Morgan fingerprint density at radius 3 is 2.08 bits per heavy atom. The molecule has 0 saturated carbocycles. The summed E-state index contributed by atoms with van der Waals surface area (Å²) in [6.45, 7) is 2.39. The van der Waals surface area contributed by atoms with Crippen LogP contribution in [-0.2, 0) is 10.0 Å². The fourth-order valence-electron chi connectivity index (χ4n) is 2.29. The topological polar surface area (TPSA) is 37.4 Å². The van der Waals surface area contributed by atoms with Crippen molar-refractivity contribution in [3.8, 4) is 12.8 Å². The van der Waals surface area contributed by atoms with Crippen molar-refractivity contribution in [3.05, 3.63) is 57.5 Å². The zero-order chi connectivity index (χ0) is 19.7. The van der Waals surface area contributed by atoms with Crippen LogP contribution in [-0.4, -0.2) is 15.0 Å². The summed E-state index contributed by atoms with van der Waals surface area (Å²) in [7, 11) is -3.76. The van der Waals surface area contributed by atoms with E-state index in [4.69, 9.17) is 34.8 Å². The van der Waals surface area contributed by atoms with E-state index in [9.17, 15) is 8.42 Å². The second kappa shape index (κ2) is 10.7. The lowest BCUT2D eigenvalue weighted by Crippen LogP contribution is -2.32. The Hall–Kier alpha value is -1.38. The quantitative estimate of drug-likeness (QED) is 0.381. The Bertz CT molecular complexity index is 834. The molecule has 0 bridgehead atoms. The minimum atomic E-state index is -3.76. The van der Waals surface area contributed by atoms with Crippen molar-refractivity contribution in [2.75, 3.05) is 10.8 Å². The lowest BCUT2D eigenvalue weighted by molar-refractivity contribution is 0.587. The van der Waals surface area contributed by atoms with Crippen LogP contribution >= 0.6 is 34.8 Å². The molecule has 140 valence electrons. The molecule has 2 aromatic carbocycles. The van der Waals surface area contributed by atoms with Gasteiger partial charge in [-0.3, -0.25) is 4.31 Å². The van der Waals surface area contributed by atoms with E-state index in [0.717, 1.165) is 19.3 Å². The lowest BCUT2D eigenvalue weighted by Gasteiger charge is -2.25. The maximum Gasteiger partial charge on any atom is 0.264 e. The van der Waals surface area contributed by atoms with Crippen molar-refractivity contribution in [2.45, 2.75) is 31.1 Å². The Labute approximate surface area is 170 Å². The summed E-state index contributed by atoms with van der Waals surface area (Å²) < 4.78 is 27.5. The number of rotatable bonds is 7. The number of unbranched alkanes of at least 4 members (excludes halogenated alkanes) is 2. The molecular formula is C19H20Cl3NO2S. The van der Waals surface area contributed by atoms with Gasteiger partial charge in [-0.2, -0.15) is 0 Å². The van der Waals surface area contributed by atoms with Crippen molar-refractivity contribution in [3.63, 3.8) is 0 Å². The van der Waals surface area contributed by atoms with Gasteiger partial charge in [-0.05, 0) is 48.9 Å². The van der Waals surface area contributed by atoms with Gasteiger partial charge < -0.3 is 0 Å². The molecule has 0 aromatic heterocycles. The van der Waals surface area contributed by atoms with E-state index >= 15 is 0 Å². The molecule has 0 atom stereocenters. The van der Waals surface area contributed by atoms with Crippen molar-refractivity contribution in [2.24, 2.45) is 0 Å². The summed E-state index contributed by atoms with van der Waals surface area (Å²) in [5, 5.41) is 1.25. The van der Waals surface area contributed by atoms with Crippen LogP contribution in [0.2, 0.25) is 15.1 Å². The predicted molar refractivity (Wildman–Crippen MR) is 112 cm³/mol. The third kappa shape index (κ3) is 5.82. The van der Waals surface area contributed by atoms with E-state index in [1.54, 1.807) is 30.3 Å². The van der Waals surface area contributed by atoms with E-state index in [0.29, 0.717) is 27.3 Å². The smallest absolute Gasteiger partial charge is 0.264 e. The fourth-order valence-corrected chi connectivity index (χ4v) is 4.36. The third-order valence-electron chi connectivity index (χ3n) is 3.54. The van der Waals surface area contributed by atoms with Gasteiger partial charge in [0.15, 0.2) is 0 Å². The molecule has 2 aromatic rings. The average molecular weight is 433 g/mol. The molecule has 0 heterocycles. The Morgan fingerprint density at radius 1 is 0.923 bits per heavy atom. The van der Waals surface area contributed by atoms with Gasteiger partial charge in [0.25, 0.3) is 10.0 Å². The molecule has 0 unspecified atom stereocenters. The summed E-state index contributed by atoms with van der Waals surface area (Å²) in [6, 6.07) is 10.9. The number of anilines is 1. The summed E-state index contributed by atoms with van der Waals surface area (Å²) in [4.78, 5) is 0.166. The van der Waals surface area contributed by atoms with Crippen LogP contribution in [0, 0.1) is 12.8 Å². The van der Waals surface area contributed by atoms with Crippen molar-refractivity contribution >= 4 is 50.5 Å². The van der Waals surface area contributed by atoms with Gasteiger partial charge >= 0.3 is 0 Å². The third-order valence-corrected chi connectivity index (χ3v) is 6.18. The Morgan fingerprint density at radius 2 is 1.50 bits per heavy atom. The highest BCUT2D eigenvalue weighted by Crippen LogP contribution is 2.33. The van der Waals surface area contributed by atoms with Gasteiger partial charge in [-0.25, -0.2) is 8.42 Å². The number of benzene rings is 2. The highest BCUT2D eigenvalue weighted by molar-refractivity contribution is 7.92. The first-order chi connectivity index (χ1) is 12.4. The molecule has 7 heteroatoms. The zero-order valence-corrected chi connectivity index (χ0v) is 17.4. The number of terminal acetylenes is 1. The zero-order valence-electron chi connectivity index (χ0n) is 14.3. The van der Waals surface area contributed by atoms with Gasteiger partial charge in [0.2, 0.25) is 0 Å². The lowest BCUT2D eigenvalue weighted by atomic mass is 10.2. The highest BCUT2D eigenvalue weighted by atomic mass is 35.5. The van der Waals surface area contributed by atoms with E-state index in [-0.39, 0.29) is 4.90 Å². The molecule has 0 fully saturated rings. The summed E-state index contributed by atoms with van der Waals surface area (Å²) in [5.74, 6) is 0. The van der Waals surface area contributed by atoms with E-state index < -0.39 is 10.0 Å². The molecular weight excluding hydrogens is 413 g/mol. The van der Waals surface area contributed by atoms with Gasteiger partial charge in [-0.1, -0.05) is 54.6 Å². The van der Waals surface area contributed by atoms with Gasteiger partial charge in [-0.15, -0.1) is 12.8 Å². The maximum absolute atomic E-state index is 13.1. The summed E-state index contributed by atoms with van der Waals surface area (Å²) >= 11 is 18.1. The van der Waals surface area contributed by atoms with E-state index in [1.807, 2.05) is 0 Å². The van der Waals surface area contributed by atoms with Crippen molar-refractivity contribution < 1.29 is 8.42 Å². The summed E-state index contributed by atoms with van der Waals surface area (Å²) in [5.41, 5.74) is 0.384. The van der Waals surface area contributed by atoms with Crippen molar-refractivity contribution in [1.29, 1.82) is 0 Å². The molecule has 0 N–H and O–H groups in total. The minimum absolute atomic E-state index is 0.166. The van der Waals surface area contributed by atoms with Crippen LogP contribution in [0.15, 0.2) is 47.4 Å². The number of nitrogens with zero attached hydrogens (tertiary/aromatic N) is 1. The van der Waals surface area contributed by atoms with Gasteiger partial charge in [0.1, 0.15) is 0 Å². The first-order valence-corrected chi connectivity index (χ1v) is 10.5. The molecule has 0 aliphatic heterocycles. The predicted octanol–water partition coefficient (Wildman–Crippen LogP) is 6.28. The summed E-state index contributed by atoms with van der Waals surface area (Å²) in [6.07, 6.45) is 10.6. The highest BCUT2D eigenvalue weighted by Gasteiger charge is 2.26. The molecule has 26 heavy (non-hydrogen) atoms. The standard InChI is InChI=1S/C17H18Cl3NO2S.C2H2/c1-2-3-4-11-21(17-12-14(19)7-10-16(17)20)24(22,23)15-8-5-13(18)6-9-15;1-2/h5-10,12H,2-4,11H2,1H3;1-2H. The minimum Gasteiger partial charge on any atom is -0.265 e. The second-order valence-corrected chi connectivity index (χ2v) is 8.48. The van der Waals surface area contributed by atoms with Crippen LogP contribution in [0.4, 0.5) is 5.69 Å². The molecule has 0 spiro atoms. The Kier molecular flexibility index (Phi) is 9.32. The molecule has 0 aliphatic carbocycles. The average Bonchev–Trinajstić information content (AvgIpc) is 2.63. The Balaban J connectivity index is 0.00000163. The molecule has 3 nitrogen and oxygen atoms in total. The van der Waals surface area contributed by atoms with Crippen LogP contribution in [0.1, 0.15) is 26.2 Å². The largest absolute Gasteiger partial charge is 0.265 e. The van der Waals surface area contributed by atoms with Crippen LogP contribution < -0.4 is 4.31 Å². The molecule has 0 amide bonds. The molecule has 0 saturated heterocycles. The maximum atomic E-state index is 13.1. The normalized spacial score (nSPS) is 10.7. The monoisotopic (exact) mass is 431 g/mol. The van der Waals surface area contributed by atoms with E-state index in [2.05, 4.69) is 19.8 Å². The number of sulfonamides is 1. The van der Waals surface area contributed by atoms with Gasteiger partial charge in [0, 0.05) is 16.6 Å². The number of halogens is 3. The molecule has 2 rings (SSSR count). The number of hydrogen-bond acceptors (Lipinski definition) is 2. The first-order valence-electron chi connectivity index (χ1n) is 7.93. The first kappa shape index (κ1) is 22.7. The van der Waals surface area contributed by atoms with E-state index in [1.165, 1.54) is 16.4 Å². The molecule has 0 aliphatic rings. The van der Waals surface area contributed by atoms with Crippen LogP contribution in [0.25, 0.3) is 0 Å². The molecule has 0 radical (unpaired) electrons. The SMILES string of the molecule is C#C.CCCCCN(c1cc(Cl)ccc1Cl)S(=O)(=O)c1ccc(Cl)cc1. The van der Waals surface area contributed by atoms with Crippen LogP contribution in [0.5, 0.6) is 0 Å². The second-order valence-electron chi connectivity index (χ2n) is 5.33. The fraction of sp³-hybridized carbons (Fsp3) is 0.263. The number of hydrogen-bond donors (Lipinski definition) is 0. The van der Waals surface area contributed by atoms with Crippen LogP contribution in [0.3, 0.4) is 0 Å². The van der Waals surface area contributed by atoms with Gasteiger partial charge in [0.05, 0.1) is 15.6 Å².